The number of benzene rings is 1. The third kappa shape index (κ3) is 3.22. The molecule has 146 valence electrons. The number of phenolic OH excluding ortho intramolecular Hbond substituents is 1. The second-order valence-corrected chi connectivity index (χ2v) is 7.55. The maximum absolute atomic E-state index is 13.5. The van der Waals surface area contributed by atoms with Gasteiger partial charge in [0.1, 0.15) is 5.75 Å². The Balaban J connectivity index is 1.77. The molecule has 1 amide bonds. The molecular weight excluding hydrogens is 354 g/mol. The monoisotopic (exact) mass is 379 g/mol. The van der Waals surface area contributed by atoms with Gasteiger partial charge < -0.3 is 15.3 Å². The second kappa shape index (κ2) is 7.24. The molecule has 1 saturated heterocycles. The average molecular weight is 379 g/mol. The predicted octanol–water partition coefficient (Wildman–Crippen LogP) is 2.71. The quantitative estimate of drug-likeness (QED) is 0.650. The van der Waals surface area contributed by atoms with Gasteiger partial charge in [0.15, 0.2) is 5.65 Å². The van der Waals surface area contributed by atoms with Gasteiger partial charge in [0.05, 0.1) is 22.3 Å². The number of carbonyl (C=O) groups is 1. The number of fused-ring (bicyclic) bond motifs is 1. The molecule has 1 aliphatic heterocycles. The largest absolute Gasteiger partial charge is 0.508 e. The number of carbonyl (C=O) groups excluding carboxylic acids is 1. The Morgan fingerprint density at radius 2 is 2.07 bits per heavy atom. The third-order valence-corrected chi connectivity index (χ3v) is 5.72. The summed E-state index contributed by atoms with van der Waals surface area (Å²) in [4.78, 5) is 20.0. The van der Waals surface area contributed by atoms with Crippen molar-refractivity contribution in [2.75, 3.05) is 20.1 Å². The van der Waals surface area contributed by atoms with Gasteiger partial charge in [0, 0.05) is 24.7 Å². The molecule has 1 fully saturated rings. The molecule has 28 heavy (non-hydrogen) atoms. The summed E-state index contributed by atoms with van der Waals surface area (Å²) in [6, 6.07) is 8.94. The van der Waals surface area contributed by atoms with Crippen LogP contribution in [0.4, 0.5) is 0 Å². The Bertz CT molecular complexity index is 1010. The van der Waals surface area contributed by atoms with Crippen LogP contribution in [-0.4, -0.2) is 57.3 Å². The molecule has 2 atom stereocenters. The molecule has 0 radical (unpaired) electrons. The number of hydrogen-bond donors (Lipinski definition) is 3. The lowest BCUT2D eigenvalue weighted by molar-refractivity contribution is 0.0656. The molecular formula is C21H25N5O2. The fraction of sp³-hybridized carbons (Fsp3) is 0.381. The average Bonchev–Trinajstić information content (AvgIpc) is 3.08. The molecule has 0 aliphatic carbocycles. The number of aryl methyl sites for hydroxylation is 1. The first-order valence-electron chi connectivity index (χ1n) is 9.59. The van der Waals surface area contributed by atoms with Crippen LogP contribution in [-0.2, 0) is 0 Å². The number of aromatic hydroxyl groups is 1. The number of nitrogens with one attached hydrogen (secondary N) is 2. The van der Waals surface area contributed by atoms with Crippen molar-refractivity contribution in [3.05, 3.63) is 41.6 Å². The molecule has 4 rings (SSSR count). The highest BCUT2D eigenvalue weighted by molar-refractivity contribution is 6.07. The number of amides is 1. The standard InChI is InChI=1S/C21H25N5O2/c1-12-8-9-26(11-18(12)22-3)21(28)16-10-17(14-4-6-15(27)7-5-14)23-20-19(16)13(2)24-25-20/h4-7,10,12,18,22,27H,8-9,11H2,1-3H3,(H,23,24,25)/t12-,18+/m0/s1. The van der Waals surface area contributed by atoms with Crippen LogP contribution in [0.3, 0.4) is 0 Å². The van der Waals surface area contributed by atoms with E-state index >= 15 is 0 Å². The molecule has 7 heteroatoms. The lowest BCUT2D eigenvalue weighted by atomic mass is 9.93. The molecule has 3 N–H and O–H groups in total. The highest BCUT2D eigenvalue weighted by Gasteiger charge is 2.30. The third-order valence-electron chi connectivity index (χ3n) is 5.72. The van der Waals surface area contributed by atoms with E-state index in [9.17, 15) is 9.90 Å². The number of pyridine rings is 1. The van der Waals surface area contributed by atoms with Crippen molar-refractivity contribution in [1.82, 2.24) is 25.4 Å². The number of likely N-dealkylation sites (N-methyl/N-ethyl adjacent to an activating group) is 1. The summed E-state index contributed by atoms with van der Waals surface area (Å²) in [6.45, 7) is 5.53. The first-order chi connectivity index (χ1) is 13.5. The molecule has 7 nitrogen and oxygen atoms in total. The Morgan fingerprint density at radius 1 is 1.32 bits per heavy atom. The summed E-state index contributed by atoms with van der Waals surface area (Å²) in [6.07, 6.45) is 0.973. The van der Waals surface area contributed by atoms with Crippen LogP contribution < -0.4 is 5.32 Å². The summed E-state index contributed by atoms with van der Waals surface area (Å²) in [5, 5.41) is 20.9. The lowest BCUT2D eigenvalue weighted by Crippen LogP contribution is -2.51. The van der Waals surface area contributed by atoms with Gasteiger partial charge in [-0.3, -0.25) is 9.89 Å². The maximum Gasteiger partial charge on any atom is 0.254 e. The smallest absolute Gasteiger partial charge is 0.254 e. The van der Waals surface area contributed by atoms with Gasteiger partial charge in [-0.1, -0.05) is 6.92 Å². The van der Waals surface area contributed by atoms with Crippen LogP contribution in [0.1, 0.15) is 29.4 Å². The number of rotatable bonds is 3. The van der Waals surface area contributed by atoms with Gasteiger partial charge >= 0.3 is 0 Å². The number of hydrogen-bond acceptors (Lipinski definition) is 5. The van der Waals surface area contributed by atoms with E-state index in [1.807, 2.05) is 24.9 Å². The highest BCUT2D eigenvalue weighted by Crippen LogP contribution is 2.29. The van der Waals surface area contributed by atoms with E-state index in [0.717, 1.165) is 29.6 Å². The molecule has 3 heterocycles. The van der Waals surface area contributed by atoms with E-state index in [1.54, 1.807) is 24.3 Å². The molecule has 1 aliphatic rings. The zero-order chi connectivity index (χ0) is 19.8. The van der Waals surface area contributed by atoms with Crippen molar-refractivity contribution in [2.24, 2.45) is 5.92 Å². The Kier molecular flexibility index (Phi) is 4.77. The Labute approximate surface area is 163 Å². The van der Waals surface area contributed by atoms with Gasteiger partial charge in [-0.2, -0.15) is 5.10 Å². The van der Waals surface area contributed by atoms with Crippen molar-refractivity contribution in [1.29, 1.82) is 0 Å². The van der Waals surface area contributed by atoms with Gasteiger partial charge in [-0.25, -0.2) is 4.98 Å². The number of phenols is 1. The van der Waals surface area contributed by atoms with Crippen LogP contribution in [0.25, 0.3) is 22.3 Å². The zero-order valence-electron chi connectivity index (χ0n) is 16.4. The molecule has 3 aromatic rings. The van der Waals surface area contributed by atoms with Crippen LogP contribution >= 0.6 is 0 Å². The fourth-order valence-electron chi connectivity index (χ4n) is 3.93. The normalized spacial score (nSPS) is 19.9. The second-order valence-electron chi connectivity index (χ2n) is 7.55. The van der Waals surface area contributed by atoms with Gasteiger partial charge in [0.25, 0.3) is 5.91 Å². The number of nitrogens with zero attached hydrogens (tertiary/aromatic N) is 3. The van der Waals surface area contributed by atoms with Crippen LogP contribution in [0.5, 0.6) is 5.75 Å². The summed E-state index contributed by atoms with van der Waals surface area (Å²) >= 11 is 0. The number of piperidine rings is 1. The molecule has 0 saturated carbocycles. The van der Waals surface area contributed by atoms with Gasteiger partial charge in [0.2, 0.25) is 0 Å². The van der Waals surface area contributed by atoms with Crippen molar-refractivity contribution < 1.29 is 9.90 Å². The summed E-state index contributed by atoms with van der Waals surface area (Å²) in [5.74, 6) is 0.734. The summed E-state index contributed by atoms with van der Waals surface area (Å²) < 4.78 is 0. The number of H-pyrrole nitrogens is 1. The minimum absolute atomic E-state index is 0.00378. The molecule has 1 aromatic carbocycles. The first-order valence-corrected chi connectivity index (χ1v) is 9.59. The van der Waals surface area contributed by atoms with Crippen molar-refractivity contribution in [3.8, 4) is 17.0 Å². The minimum Gasteiger partial charge on any atom is -0.508 e. The minimum atomic E-state index is 0.00378. The van der Waals surface area contributed by atoms with E-state index in [2.05, 4.69) is 27.4 Å². The van der Waals surface area contributed by atoms with Gasteiger partial charge in [-0.15, -0.1) is 0 Å². The number of aromatic amines is 1. The zero-order valence-corrected chi connectivity index (χ0v) is 16.4. The lowest BCUT2D eigenvalue weighted by Gasteiger charge is -2.37. The Morgan fingerprint density at radius 3 is 2.79 bits per heavy atom. The summed E-state index contributed by atoms with van der Waals surface area (Å²) in [5.41, 5.74) is 3.49. The molecule has 0 spiro atoms. The van der Waals surface area contributed by atoms with Gasteiger partial charge in [-0.05, 0) is 56.6 Å². The van der Waals surface area contributed by atoms with Crippen LogP contribution in [0, 0.1) is 12.8 Å². The Hall–Kier alpha value is -2.93. The van der Waals surface area contributed by atoms with Crippen molar-refractivity contribution >= 4 is 16.9 Å². The predicted molar refractivity (Wildman–Crippen MR) is 108 cm³/mol. The number of aromatic nitrogens is 3. The van der Waals surface area contributed by atoms with E-state index in [4.69, 9.17) is 0 Å². The van der Waals surface area contributed by atoms with E-state index < -0.39 is 0 Å². The molecule has 2 aromatic heterocycles. The summed E-state index contributed by atoms with van der Waals surface area (Å²) in [7, 11) is 1.95. The van der Waals surface area contributed by atoms with Crippen LogP contribution in [0.2, 0.25) is 0 Å². The van der Waals surface area contributed by atoms with E-state index in [1.165, 1.54) is 0 Å². The van der Waals surface area contributed by atoms with Crippen molar-refractivity contribution in [2.45, 2.75) is 26.3 Å². The molecule has 0 bridgehead atoms. The van der Waals surface area contributed by atoms with E-state index in [0.29, 0.717) is 29.4 Å². The topological polar surface area (TPSA) is 94.1 Å². The fourth-order valence-corrected chi connectivity index (χ4v) is 3.93. The first kappa shape index (κ1) is 18.4. The maximum atomic E-state index is 13.5. The molecule has 0 unspecified atom stereocenters. The van der Waals surface area contributed by atoms with Crippen molar-refractivity contribution in [3.63, 3.8) is 0 Å². The number of likely N-dealkylation sites (tertiary alicyclic amines) is 1. The SMILES string of the molecule is CN[C@@H]1CN(C(=O)c2cc(-c3ccc(O)cc3)nc3[nH]nc(C)c23)CC[C@@H]1C. The van der Waals surface area contributed by atoms with Crippen LogP contribution in [0.15, 0.2) is 30.3 Å². The highest BCUT2D eigenvalue weighted by atomic mass is 16.3. The van der Waals surface area contributed by atoms with E-state index in [-0.39, 0.29) is 17.7 Å².